The number of hydrogen-bond donors (Lipinski definition) is 2. The highest BCUT2D eigenvalue weighted by atomic mass is 79.9. The van der Waals surface area contributed by atoms with Gasteiger partial charge in [-0.2, -0.15) is 0 Å². The standard InChI is InChI=1S/C13H18BrN3O/c1-2-10(5-8-3-4-8)17-13(18)11-6-9(14)7-16-12(11)15/h6-8,10H,2-5H2,1H3,(H2,15,16)(H,17,18). The highest BCUT2D eigenvalue weighted by Gasteiger charge is 2.26. The Hall–Kier alpha value is -1.10. The van der Waals surface area contributed by atoms with E-state index in [1.54, 1.807) is 12.3 Å². The van der Waals surface area contributed by atoms with Crippen LogP contribution in [0, 0.1) is 5.92 Å². The number of carbonyl (C=O) groups is 1. The van der Waals surface area contributed by atoms with Crippen LogP contribution in [0.2, 0.25) is 0 Å². The van der Waals surface area contributed by atoms with Gasteiger partial charge >= 0.3 is 0 Å². The van der Waals surface area contributed by atoms with Crippen LogP contribution in [0.15, 0.2) is 16.7 Å². The van der Waals surface area contributed by atoms with Crippen LogP contribution in [-0.2, 0) is 0 Å². The molecule has 0 bridgehead atoms. The number of aromatic nitrogens is 1. The first-order valence-corrected chi connectivity index (χ1v) is 7.11. The largest absolute Gasteiger partial charge is 0.383 e. The first-order valence-electron chi connectivity index (χ1n) is 6.32. The number of rotatable bonds is 5. The summed E-state index contributed by atoms with van der Waals surface area (Å²) in [5, 5.41) is 3.04. The van der Waals surface area contributed by atoms with Gasteiger partial charge in [0.15, 0.2) is 0 Å². The number of halogens is 1. The van der Waals surface area contributed by atoms with Crippen LogP contribution < -0.4 is 11.1 Å². The van der Waals surface area contributed by atoms with E-state index in [4.69, 9.17) is 5.73 Å². The minimum absolute atomic E-state index is 0.131. The predicted molar refractivity (Wildman–Crippen MR) is 75.2 cm³/mol. The zero-order valence-corrected chi connectivity index (χ0v) is 12.0. The van der Waals surface area contributed by atoms with Crippen LogP contribution in [0.3, 0.4) is 0 Å². The lowest BCUT2D eigenvalue weighted by molar-refractivity contribution is 0.0933. The van der Waals surface area contributed by atoms with Crippen molar-refractivity contribution in [2.75, 3.05) is 5.73 Å². The van der Waals surface area contributed by atoms with E-state index in [0.29, 0.717) is 5.56 Å². The molecule has 1 unspecified atom stereocenters. The fourth-order valence-electron chi connectivity index (χ4n) is 1.98. The van der Waals surface area contributed by atoms with Gasteiger partial charge in [0.05, 0.1) is 5.56 Å². The number of anilines is 1. The fraction of sp³-hybridized carbons (Fsp3) is 0.538. The van der Waals surface area contributed by atoms with Gasteiger partial charge in [-0.3, -0.25) is 4.79 Å². The van der Waals surface area contributed by atoms with Gasteiger partial charge in [0, 0.05) is 16.7 Å². The molecule has 2 rings (SSSR count). The van der Waals surface area contributed by atoms with Gasteiger partial charge in [-0.25, -0.2) is 4.98 Å². The second-order valence-corrected chi connectivity index (χ2v) is 5.76. The predicted octanol–water partition coefficient (Wildman–Crippen LogP) is 2.73. The Morgan fingerprint density at radius 2 is 2.39 bits per heavy atom. The van der Waals surface area contributed by atoms with Gasteiger partial charge in [0.2, 0.25) is 0 Å². The molecule has 3 N–H and O–H groups in total. The second kappa shape index (κ2) is 5.69. The third kappa shape index (κ3) is 3.45. The van der Waals surface area contributed by atoms with Crippen molar-refractivity contribution in [1.29, 1.82) is 0 Å². The molecule has 0 saturated heterocycles. The smallest absolute Gasteiger partial charge is 0.255 e. The van der Waals surface area contributed by atoms with Gasteiger partial charge in [-0.15, -0.1) is 0 Å². The third-order valence-electron chi connectivity index (χ3n) is 3.27. The zero-order chi connectivity index (χ0) is 13.1. The third-order valence-corrected chi connectivity index (χ3v) is 3.71. The molecule has 1 aromatic heterocycles. The van der Waals surface area contributed by atoms with Crippen LogP contribution in [0.25, 0.3) is 0 Å². The summed E-state index contributed by atoms with van der Waals surface area (Å²) in [4.78, 5) is 16.1. The number of nitrogens with zero attached hydrogens (tertiary/aromatic N) is 1. The lowest BCUT2D eigenvalue weighted by Gasteiger charge is -2.17. The molecule has 1 amide bonds. The lowest BCUT2D eigenvalue weighted by Crippen LogP contribution is -2.35. The molecule has 1 saturated carbocycles. The minimum Gasteiger partial charge on any atom is -0.383 e. The van der Waals surface area contributed by atoms with Crippen molar-refractivity contribution >= 4 is 27.7 Å². The van der Waals surface area contributed by atoms with E-state index in [0.717, 1.165) is 23.2 Å². The van der Waals surface area contributed by atoms with Gasteiger partial charge in [0.1, 0.15) is 5.82 Å². The Morgan fingerprint density at radius 1 is 1.67 bits per heavy atom. The van der Waals surface area contributed by atoms with E-state index in [9.17, 15) is 4.79 Å². The van der Waals surface area contributed by atoms with Crippen LogP contribution in [0.4, 0.5) is 5.82 Å². The normalized spacial score (nSPS) is 16.3. The van der Waals surface area contributed by atoms with Crippen LogP contribution in [0.5, 0.6) is 0 Å². The summed E-state index contributed by atoms with van der Waals surface area (Å²) >= 11 is 3.30. The van der Waals surface area contributed by atoms with Gasteiger partial charge in [-0.05, 0) is 40.8 Å². The summed E-state index contributed by atoms with van der Waals surface area (Å²) in [6.07, 6.45) is 6.21. The summed E-state index contributed by atoms with van der Waals surface area (Å²) < 4.78 is 0.761. The molecule has 1 aliphatic carbocycles. The Labute approximate surface area is 115 Å². The van der Waals surface area contributed by atoms with Gasteiger partial charge < -0.3 is 11.1 Å². The van der Waals surface area contributed by atoms with Crippen molar-refractivity contribution < 1.29 is 4.79 Å². The van der Waals surface area contributed by atoms with E-state index >= 15 is 0 Å². The van der Waals surface area contributed by atoms with Crippen molar-refractivity contribution in [3.05, 3.63) is 22.3 Å². The maximum absolute atomic E-state index is 12.1. The Morgan fingerprint density at radius 3 is 3.00 bits per heavy atom. The van der Waals surface area contributed by atoms with E-state index in [1.807, 2.05) is 0 Å². The number of nitrogens with two attached hydrogens (primary N) is 1. The number of pyridine rings is 1. The summed E-state index contributed by atoms with van der Waals surface area (Å²) in [5.41, 5.74) is 6.17. The Bertz CT molecular complexity index is 446. The van der Waals surface area contributed by atoms with E-state index < -0.39 is 0 Å². The monoisotopic (exact) mass is 311 g/mol. The molecular weight excluding hydrogens is 294 g/mol. The molecule has 4 nitrogen and oxygen atoms in total. The molecular formula is C13H18BrN3O. The highest BCUT2D eigenvalue weighted by molar-refractivity contribution is 9.10. The van der Waals surface area contributed by atoms with Crippen LogP contribution in [-0.4, -0.2) is 16.9 Å². The molecule has 1 fully saturated rings. The zero-order valence-electron chi connectivity index (χ0n) is 10.4. The molecule has 0 spiro atoms. The van der Waals surface area contributed by atoms with Crippen molar-refractivity contribution in [2.24, 2.45) is 5.92 Å². The Balaban J connectivity index is 2.02. The van der Waals surface area contributed by atoms with E-state index in [2.05, 4.69) is 33.2 Å². The molecule has 98 valence electrons. The molecule has 0 radical (unpaired) electrons. The number of amides is 1. The molecule has 1 aromatic rings. The SMILES string of the molecule is CCC(CC1CC1)NC(=O)c1cc(Br)cnc1N. The summed E-state index contributed by atoms with van der Waals surface area (Å²) in [5.74, 6) is 0.944. The summed E-state index contributed by atoms with van der Waals surface area (Å²) in [6, 6.07) is 1.95. The van der Waals surface area contributed by atoms with Crippen LogP contribution in [0.1, 0.15) is 43.0 Å². The molecule has 5 heteroatoms. The van der Waals surface area contributed by atoms with E-state index in [-0.39, 0.29) is 17.8 Å². The molecule has 1 atom stereocenters. The van der Waals surface area contributed by atoms with Crippen molar-refractivity contribution in [2.45, 2.75) is 38.6 Å². The highest BCUT2D eigenvalue weighted by Crippen LogP contribution is 2.34. The molecule has 1 heterocycles. The minimum atomic E-state index is -0.131. The summed E-state index contributed by atoms with van der Waals surface area (Å²) in [6.45, 7) is 2.09. The van der Waals surface area contributed by atoms with Crippen molar-refractivity contribution in [3.8, 4) is 0 Å². The molecule has 0 aliphatic heterocycles. The first-order chi connectivity index (χ1) is 8.60. The van der Waals surface area contributed by atoms with Crippen molar-refractivity contribution in [1.82, 2.24) is 10.3 Å². The molecule has 1 aliphatic rings. The number of nitrogen functional groups attached to an aromatic ring is 1. The van der Waals surface area contributed by atoms with Crippen molar-refractivity contribution in [3.63, 3.8) is 0 Å². The van der Waals surface area contributed by atoms with E-state index in [1.165, 1.54) is 12.8 Å². The number of nitrogens with one attached hydrogen (secondary N) is 1. The van der Waals surface area contributed by atoms with Crippen LogP contribution >= 0.6 is 15.9 Å². The number of carbonyl (C=O) groups excluding carboxylic acids is 1. The van der Waals surface area contributed by atoms with Gasteiger partial charge in [-0.1, -0.05) is 19.8 Å². The Kier molecular flexibility index (Phi) is 4.22. The average Bonchev–Trinajstić information content (AvgIpc) is 3.15. The van der Waals surface area contributed by atoms with Gasteiger partial charge in [0.25, 0.3) is 5.91 Å². The average molecular weight is 312 g/mol. The maximum Gasteiger partial charge on any atom is 0.255 e. The maximum atomic E-state index is 12.1. The second-order valence-electron chi connectivity index (χ2n) is 4.84. The fourth-order valence-corrected chi connectivity index (χ4v) is 2.31. The topological polar surface area (TPSA) is 68.0 Å². The molecule has 0 aromatic carbocycles. The summed E-state index contributed by atoms with van der Waals surface area (Å²) in [7, 11) is 0. The lowest BCUT2D eigenvalue weighted by atomic mass is 10.1. The first kappa shape index (κ1) is 13.3. The molecule has 18 heavy (non-hydrogen) atoms. The number of hydrogen-bond acceptors (Lipinski definition) is 3. The quantitative estimate of drug-likeness (QED) is 0.878.